The van der Waals surface area contributed by atoms with Crippen molar-refractivity contribution in [3.63, 3.8) is 0 Å². The van der Waals surface area contributed by atoms with Crippen molar-refractivity contribution in [3.05, 3.63) is 65.2 Å². The van der Waals surface area contributed by atoms with Gasteiger partial charge >= 0.3 is 6.09 Å². The Bertz CT molecular complexity index is 1060. The number of rotatable bonds is 4. The largest absolute Gasteiger partial charge is 0.493 e. The summed E-state index contributed by atoms with van der Waals surface area (Å²) in [5.74, 6) is 0.740. The number of hydrogen-bond acceptors (Lipinski definition) is 5. The molecule has 0 fully saturated rings. The summed E-state index contributed by atoms with van der Waals surface area (Å²) in [5.41, 5.74) is 2.46. The van der Waals surface area contributed by atoms with Gasteiger partial charge in [0.25, 0.3) is 0 Å². The van der Waals surface area contributed by atoms with Gasteiger partial charge in [0.1, 0.15) is 0 Å². The van der Waals surface area contributed by atoms with E-state index >= 15 is 0 Å². The summed E-state index contributed by atoms with van der Waals surface area (Å²) < 4.78 is 16.2. The Morgan fingerprint density at radius 3 is 2.63 bits per heavy atom. The minimum atomic E-state index is -0.670. The third kappa shape index (κ3) is 2.75. The van der Waals surface area contributed by atoms with Crippen LogP contribution in [0.25, 0.3) is 10.8 Å². The van der Waals surface area contributed by atoms with E-state index in [-0.39, 0.29) is 0 Å². The first-order valence-electron chi connectivity index (χ1n) is 8.36. The van der Waals surface area contributed by atoms with Gasteiger partial charge in [-0.15, -0.1) is 0 Å². The molecule has 0 radical (unpaired) electrons. The van der Waals surface area contributed by atoms with Gasteiger partial charge in [0.2, 0.25) is 0 Å². The van der Waals surface area contributed by atoms with E-state index < -0.39 is 12.2 Å². The summed E-state index contributed by atoms with van der Waals surface area (Å²) >= 11 is 0. The highest BCUT2D eigenvalue weighted by atomic mass is 16.6. The topological polar surface area (TPSA) is 73.9 Å². The molecule has 27 heavy (non-hydrogen) atoms. The number of carbonyl (C=O) groups is 2. The summed E-state index contributed by atoms with van der Waals surface area (Å²) in [6.07, 6.45) is -0.530. The van der Waals surface area contributed by atoms with Gasteiger partial charge in [-0.25, -0.2) is 4.79 Å². The molecule has 4 rings (SSSR count). The number of anilines is 1. The molecule has 0 saturated heterocycles. The van der Waals surface area contributed by atoms with E-state index in [1.165, 1.54) is 14.2 Å². The van der Waals surface area contributed by atoms with Crippen LogP contribution >= 0.6 is 0 Å². The lowest BCUT2D eigenvalue weighted by Gasteiger charge is -2.28. The van der Waals surface area contributed by atoms with Crippen LogP contribution in [0.15, 0.2) is 48.5 Å². The number of benzene rings is 3. The van der Waals surface area contributed by atoms with E-state index in [1.807, 2.05) is 36.4 Å². The van der Waals surface area contributed by atoms with Crippen LogP contribution in [-0.4, -0.2) is 26.6 Å². The van der Waals surface area contributed by atoms with Gasteiger partial charge in [0.05, 0.1) is 25.5 Å². The molecule has 0 unspecified atom stereocenters. The number of nitrogens with one attached hydrogen (secondary N) is 1. The van der Waals surface area contributed by atoms with Gasteiger partial charge in [-0.3, -0.25) is 10.1 Å². The summed E-state index contributed by atoms with van der Waals surface area (Å²) in [7, 11) is 2.96. The van der Waals surface area contributed by atoms with Crippen molar-refractivity contribution in [1.29, 1.82) is 0 Å². The molecule has 1 amide bonds. The molecule has 1 aliphatic rings. The van der Waals surface area contributed by atoms with Crippen molar-refractivity contribution >= 4 is 28.8 Å². The summed E-state index contributed by atoms with van der Waals surface area (Å²) in [6.45, 7) is 0. The first kappa shape index (κ1) is 16.9. The smallest absolute Gasteiger partial charge is 0.412 e. The van der Waals surface area contributed by atoms with E-state index in [9.17, 15) is 9.59 Å². The van der Waals surface area contributed by atoms with Crippen molar-refractivity contribution in [2.24, 2.45) is 0 Å². The lowest BCUT2D eigenvalue weighted by atomic mass is 9.93. The predicted octanol–water partition coefficient (Wildman–Crippen LogP) is 4.32. The van der Waals surface area contributed by atoms with Crippen molar-refractivity contribution in [1.82, 2.24) is 0 Å². The molecule has 0 aromatic heterocycles. The Morgan fingerprint density at radius 2 is 1.89 bits per heavy atom. The number of cyclic esters (lactones) is 1. The van der Waals surface area contributed by atoms with Gasteiger partial charge in [0, 0.05) is 16.5 Å². The molecular weight excluding hydrogens is 346 g/mol. The SMILES string of the molecule is COc1cc([C@H]2OC(=O)Nc3c2ccc2ccccc32)cc(C=O)c1OC. The van der Waals surface area contributed by atoms with E-state index in [0.29, 0.717) is 34.6 Å². The number of fused-ring (bicyclic) bond motifs is 3. The Hall–Kier alpha value is -3.54. The van der Waals surface area contributed by atoms with Crippen molar-refractivity contribution in [3.8, 4) is 11.5 Å². The second kappa shape index (κ2) is 6.64. The van der Waals surface area contributed by atoms with Gasteiger partial charge in [0.15, 0.2) is 23.9 Å². The van der Waals surface area contributed by atoms with Gasteiger partial charge in [-0.05, 0) is 17.5 Å². The third-order valence-electron chi connectivity index (χ3n) is 4.66. The molecule has 0 spiro atoms. The van der Waals surface area contributed by atoms with Gasteiger partial charge in [-0.1, -0.05) is 36.4 Å². The second-order valence-corrected chi connectivity index (χ2v) is 6.12. The number of carbonyl (C=O) groups excluding carboxylic acids is 2. The maximum absolute atomic E-state index is 12.2. The average Bonchev–Trinajstić information content (AvgIpc) is 2.71. The summed E-state index contributed by atoms with van der Waals surface area (Å²) in [6, 6.07) is 15.0. The molecule has 3 aromatic carbocycles. The fourth-order valence-electron chi connectivity index (χ4n) is 3.45. The highest BCUT2D eigenvalue weighted by Gasteiger charge is 2.30. The molecule has 1 heterocycles. The molecule has 1 aliphatic heterocycles. The van der Waals surface area contributed by atoms with Crippen LogP contribution in [0.2, 0.25) is 0 Å². The van der Waals surface area contributed by atoms with E-state index in [2.05, 4.69) is 5.32 Å². The molecule has 3 aromatic rings. The highest BCUT2D eigenvalue weighted by Crippen LogP contribution is 2.42. The fourth-order valence-corrected chi connectivity index (χ4v) is 3.45. The maximum atomic E-state index is 12.2. The van der Waals surface area contributed by atoms with E-state index in [4.69, 9.17) is 14.2 Å². The van der Waals surface area contributed by atoms with Crippen LogP contribution in [0, 0.1) is 0 Å². The minimum Gasteiger partial charge on any atom is -0.493 e. The monoisotopic (exact) mass is 363 g/mol. The minimum absolute atomic E-state index is 0.323. The van der Waals surface area contributed by atoms with Crippen molar-refractivity contribution in [2.75, 3.05) is 19.5 Å². The highest BCUT2D eigenvalue weighted by molar-refractivity contribution is 6.03. The molecule has 1 atom stereocenters. The normalized spacial score (nSPS) is 15.5. The molecule has 6 heteroatoms. The van der Waals surface area contributed by atoms with Crippen LogP contribution in [0.3, 0.4) is 0 Å². The third-order valence-corrected chi connectivity index (χ3v) is 4.66. The first-order chi connectivity index (χ1) is 13.2. The zero-order chi connectivity index (χ0) is 19.0. The van der Waals surface area contributed by atoms with Crippen molar-refractivity contribution < 1.29 is 23.8 Å². The average molecular weight is 363 g/mol. The van der Waals surface area contributed by atoms with Crippen molar-refractivity contribution in [2.45, 2.75) is 6.10 Å². The Balaban J connectivity index is 1.93. The first-order valence-corrected chi connectivity index (χ1v) is 8.36. The van der Waals surface area contributed by atoms with Crippen LogP contribution < -0.4 is 14.8 Å². The van der Waals surface area contributed by atoms with E-state index in [1.54, 1.807) is 12.1 Å². The predicted molar refractivity (Wildman–Crippen MR) is 101 cm³/mol. The molecule has 1 N–H and O–H groups in total. The molecule has 136 valence electrons. The number of aldehydes is 1. The second-order valence-electron chi connectivity index (χ2n) is 6.12. The number of ether oxygens (including phenoxy) is 3. The van der Waals surface area contributed by atoms with Gasteiger partial charge < -0.3 is 14.2 Å². The van der Waals surface area contributed by atoms with Gasteiger partial charge in [-0.2, -0.15) is 0 Å². The zero-order valence-electron chi connectivity index (χ0n) is 14.8. The fraction of sp³-hybridized carbons (Fsp3) is 0.143. The lowest BCUT2D eigenvalue weighted by molar-refractivity contribution is 0.111. The summed E-state index contributed by atoms with van der Waals surface area (Å²) in [4.78, 5) is 23.7. The Labute approximate surface area is 155 Å². The summed E-state index contributed by atoms with van der Waals surface area (Å²) in [5, 5.41) is 4.73. The zero-order valence-corrected chi connectivity index (χ0v) is 14.8. The van der Waals surface area contributed by atoms with E-state index in [0.717, 1.165) is 16.3 Å². The Morgan fingerprint density at radius 1 is 1.07 bits per heavy atom. The standard InChI is InChI=1S/C21H17NO5/c1-25-17-10-13(9-14(11-23)20(17)26-2)19-16-8-7-12-5-3-4-6-15(12)18(16)22-21(24)27-19/h3-11,19H,1-2H3,(H,22,24)/t19-/m1/s1. The van der Waals surface area contributed by atoms with Crippen LogP contribution in [0.5, 0.6) is 11.5 Å². The molecular formula is C21H17NO5. The van der Waals surface area contributed by atoms with Crippen LogP contribution in [0.4, 0.5) is 10.5 Å². The molecule has 0 saturated carbocycles. The molecule has 6 nitrogen and oxygen atoms in total. The number of amides is 1. The van der Waals surface area contributed by atoms with Crippen LogP contribution in [-0.2, 0) is 4.74 Å². The molecule has 0 aliphatic carbocycles. The number of hydrogen-bond donors (Lipinski definition) is 1. The number of methoxy groups -OCH3 is 2. The quantitative estimate of drug-likeness (QED) is 0.699. The van der Waals surface area contributed by atoms with Crippen LogP contribution in [0.1, 0.15) is 27.6 Å². The maximum Gasteiger partial charge on any atom is 0.412 e. The lowest BCUT2D eigenvalue weighted by Crippen LogP contribution is -2.25. The molecule has 0 bridgehead atoms. The Kier molecular flexibility index (Phi) is 4.16.